The van der Waals surface area contributed by atoms with E-state index in [1.807, 2.05) is 0 Å². The van der Waals surface area contributed by atoms with Crippen LogP contribution in [0.25, 0.3) is 0 Å². The van der Waals surface area contributed by atoms with Gasteiger partial charge in [-0.05, 0) is 48.9 Å². The zero-order chi connectivity index (χ0) is 22.6. The molecule has 1 aliphatic heterocycles. The third kappa shape index (κ3) is 2.12. The number of rotatable bonds is 4. The summed E-state index contributed by atoms with van der Waals surface area (Å²) in [5.74, 6) is -0.299. The number of allylic oxidation sites excluding steroid dienone is 1. The van der Waals surface area contributed by atoms with Crippen molar-refractivity contribution in [1.82, 2.24) is 0 Å². The van der Waals surface area contributed by atoms with Gasteiger partial charge in [0.15, 0.2) is 19.7 Å². The maximum absolute atomic E-state index is 14.1. The summed E-state index contributed by atoms with van der Waals surface area (Å²) in [5.41, 5.74) is -0.974. The summed E-state index contributed by atoms with van der Waals surface area (Å²) < 4.78 is 56.6. The number of nitrogens with zero attached hydrogens (tertiary/aromatic N) is 2. The predicted molar refractivity (Wildman–Crippen MR) is 122 cm³/mol. The Morgan fingerprint density at radius 2 is 1.24 bits per heavy atom. The lowest BCUT2D eigenvalue weighted by atomic mass is 9.57. The Morgan fingerprint density at radius 1 is 0.697 bits per heavy atom. The first-order valence-electron chi connectivity index (χ1n) is 11.5. The lowest BCUT2D eigenvalue weighted by molar-refractivity contribution is 0.0740. The summed E-state index contributed by atoms with van der Waals surface area (Å²) in [6.45, 7) is 0.499. The molecule has 5 aliphatic rings. The van der Waals surface area contributed by atoms with Crippen molar-refractivity contribution in [2.45, 2.75) is 38.7 Å². The monoisotopic (exact) mass is 480 g/mol. The fraction of sp³-hybridized carbons (Fsp3) is 0.440. The van der Waals surface area contributed by atoms with E-state index >= 15 is 0 Å². The van der Waals surface area contributed by atoms with E-state index < -0.39 is 35.7 Å². The molecule has 0 aromatic heterocycles. The summed E-state index contributed by atoms with van der Waals surface area (Å²) in [5, 5.41) is 7.26. The number of hydrogen-bond donors (Lipinski definition) is 0. The van der Waals surface area contributed by atoms with Crippen LogP contribution in [0.1, 0.15) is 12.8 Å². The molecule has 4 bridgehead atoms. The Kier molecular flexibility index (Phi) is 3.78. The smallest absolute Gasteiger partial charge is 0.182 e. The van der Waals surface area contributed by atoms with Crippen LogP contribution in [0.2, 0.25) is 0 Å². The van der Waals surface area contributed by atoms with Crippen LogP contribution in [0.15, 0.2) is 92.8 Å². The fourth-order valence-electron chi connectivity index (χ4n) is 8.37. The predicted octanol–water partition coefficient (Wildman–Crippen LogP) is 3.72. The minimum atomic E-state index is -3.92. The van der Waals surface area contributed by atoms with E-state index in [0.717, 1.165) is 6.42 Å². The van der Waals surface area contributed by atoms with E-state index in [-0.39, 0.29) is 38.9 Å². The van der Waals surface area contributed by atoms with Crippen molar-refractivity contribution < 1.29 is 16.8 Å². The van der Waals surface area contributed by atoms with Crippen LogP contribution in [0.5, 0.6) is 0 Å². The van der Waals surface area contributed by atoms with Crippen LogP contribution in [0.4, 0.5) is 0 Å². The van der Waals surface area contributed by atoms with Crippen molar-refractivity contribution in [2.24, 2.45) is 39.3 Å². The van der Waals surface area contributed by atoms with Crippen LogP contribution >= 0.6 is 0 Å². The summed E-state index contributed by atoms with van der Waals surface area (Å²) in [4.78, 5) is 0.384. The maximum atomic E-state index is 14.1. The van der Waals surface area contributed by atoms with E-state index in [2.05, 4.69) is 17.3 Å². The minimum absolute atomic E-state index is 0.137. The van der Waals surface area contributed by atoms with Crippen molar-refractivity contribution in [3.05, 3.63) is 72.8 Å². The molecule has 8 unspecified atom stereocenters. The molecule has 4 aliphatic carbocycles. The van der Waals surface area contributed by atoms with E-state index in [0.29, 0.717) is 13.0 Å². The van der Waals surface area contributed by atoms with Crippen molar-refractivity contribution in [3.63, 3.8) is 0 Å². The van der Waals surface area contributed by atoms with E-state index in [9.17, 15) is 16.8 Å². The first-order chi connectivity index (χ1) is 15.8. The lowest BCUT2D eigenvalue weighted by Crippen LogP contribution is -2.63. The van der Waals surface area contributed by atoms with Crippen LogP contribution in [0.3, 0.4) is 0 Å². The molecule has 170 valence electrons. The lowest BCUT2D eigenvalue weighted by Gasteiger charge is -2.51. The second kappa shape index (κ2) is 6.21. The van der Waals surface area contributed by atoms with Gasteiger partial charge in [-0.3, -0.25) is 0 Å². The van der Waals surface area contributed by atoms with Crippen molar-refractivity contribution in [3.8, 4) is 0 Å². The van der Waals surface area contributed by atoms with Gasteiger partial charge in [0.05, 0.1) is 26.8 Å². The van der Waals surface area contributed by atoms with Crippen LogP contribution in [-0.4, -0.2) is 39.4 Å². The van der Waals surface area contributed by atoms with Crippen LogP contribution in [0, 0.1) is 29.1 Å². The van der Waals surface area contributed by atoms with Gasteiger partial charge in [-0.25, -0.2) is 16.8 Å². The molecule has 0 N–H and O–H groups in total. The molecule has 6 nitrogen and oxygen atoms in total. The quantitative estimate of drug-likeness (QED) is 0.624. The second-order valence-electron chi connectivity index (χ2n) is 10.2. The molecule has 0 radical (unpaired) electrons. The average molecular weight is 481 g/mol. The molecule has 2 aromatic carbocycles. The molecular formula is C25H24N2O4S2. The van der Waals surface area contributed by atoms with Crippen molar-refractivity contribution in [1.29, 1.82) is 0 Å². The first-order valence-corrected chi connectivity index (χ1v) is 14.6. The summed E-state index contributed by atoms with van der Waals surface area (Å²) in [7, 11) is -7.82. The molecule has 0 amide bonds. The number of azo groups is 1. The van der Waals surface area contributed by atoms with Gasteiger partial charge in [0.1, 0.15) is 5.54 Å². The molecule has 0 saturated heterocycles. The van der Waals surface area contributed by atoms with Crippen molar-refractivity contribution in [2.75, 3.05) is 6.54 Å². The minimum Gasteiger partial charge on any atom is -0.223 e. The normalized spacial score (nSPS) is 42.1. The second-order valence-corrected chi connectivity index (χ2v) is 14.4. The first kappa shape index (κ1) is 20.1. The molecule has 2 aromatic rings. The third-order valence-corrected chi connectivity index (χ3v) is 14.0. The van der Waals surface area contributed by atoms with Gasteiger partial charge < -0.3 is 0 Å². The Balaban J connectivity index is 1.48. The number of sulfone groups is 2. The van der Waals surface area contributed by atoms with Gasteiger partial charge in [0.2, 0.25) is 0 Å². The topological polar surface area (TPSA) is 93.0 Å². The van der Waals surface area contributed by atoms with Gasteiger partial charge in [0, 0.05) is 17.3 Å². The van der Waals surface area contributed by atoms with Crippen LogP contribution in [-0.2, 0) is 19.7 Å². The highest BCUT2D eigenvalue weighted by Gasteiger charge is 2.85. The molecule has 8 heteroatoms. The SMILES string of the molecule is O=S(=O)(c1ccccc1)C1C2CC(C1S(=O)(=O)c1ccccc1)C13N=NCC21C1C=CC3C1. The molecule has 0 spiro atoms. The summed E-state index contributed by atoms with van der Waals surface area (Å²) >= 11 is 0. The fourth-order valence-corrected chi connectivity index (χ4v) is 13.6. The van der Waals surface area contributed by atoms with Gasteiger partial charge in [0.25, 0.3) is 0 Å². The summed E-state index contributed by atoms with van der Waals surface area (Å²) in [6, 6.07) is 16.7. The standard InChI is InChI=1S/C25H24N2O4S2/c28-32(29,18-7-3-1-4-8-18)22-20-14-21(23(22)33(30,31)19-9-5-2-6-10-19)25-17-12-11-16(13-17)24(20,25)15-26-27-25/h1-12,16-17,20-23H,13-15H2. The zero-order valence-electron chi connectivity index (χ0n) is 17.9. The van der Waals surface area contributed by atoms with E-state index in [1.165, 1.54) is 0 Å². The Bertz CT molecular complexity index is 1420. The zero-order valence-corrected chi connectivity index (χ0v) is 19.5. The maximum Gasteiger partial charge on any atom is 0.182 e. The molecule has 7 rings (SSSR count). The summed E-state index contributed by atoms with van der Waals surface area (Å²) in [6.07, 6.45) is 5.89. The molecule has 1 heterocycles. The number of benzene rings is 2. The molecular weight excluding hydrogens is 456 g/mol. The Labute approximate surface area is 193 Å². The number of fused-ring (bicyclic) bond motifs is 4. The number of hydrogen-bond acceptors (Lipinski definition) is 6. The van der Waals surface area contributed by atoms with Crippen molar-refractivity contribution >= 4 is 19.7 Å². The molecule has 33 heavy (non-hydrogen) atoms. The highest BCUT2D eigenvalue weighted by molar-refractivity contribution is 7.96. The van der Waals surface area contributed by atoms with E-state index in [1.54, 1.807) is 60.7 Å². The van der Waals surface area contributed by atoms with Gasteiger partial charge in [-0.15, -0.1) is 0 Å². The van der Waals surface area contributed by atoms with Gasteiger partial charge >= 0.3 is 0 Å². The molecule has 3 fully saturated rings. The highest BCUT2D eigenvalue weighted by Crippen LogP contribution is 2.79. The molecule has 8 atom stereocenters. The van der Waals surface area contributed by atoms with E-state index in [4.69, 9.17) is 5.11 Å². The Hall–Kier alpha value is -2.32. The van der Waals surface area contributed by atoms with Crippen LogP contribution < -0.4 is 0 Å². The average Bonchev–Trinajstić information content (AvgIpc) is 3.62. The Morgan fingerprint density at radius 3 is 1.85 bits per heavy atom. The highest BCUT2D eigenvalue weighted by atomic mass is 32.2. The van der Waals surface area contributed by atoms with Gasteiger partial charge in [-0.2, -0.15) is 10.2 Å². The third-order valence-electron chi connectivity index (χ3n) is 9.34. The molecule has 3 saturated carbocycles. The van der Waals surface area contributed by atoms with Gasteiger partial charge in [-0.1, -0.05) is 48.6 Å². The largest absolute Gasteiger partial charge is 0.223 e.